The molecule has 2 aliphatic heterocycles. The number of amides is 1. The molecule has 0 unspecified atom stereocenters. The zero-order valence-corrected chi connectivity index (χ0v) is 19.9. The van der Waals surface area contributed by atoms with Gasteiger partial charge in [-0.3, -0.25) is 9.69 Å². The summed E-state index contributed by atoms with van der Waals surface area (Å²) >= 11 is 0. The van der Waals surface area contributed by atoms with Crippen molar-refractivity contribution in [2.24, 2.45) is 0 Å². The zero-order valence-electron chi connectivity index (χ0n) is 19.9. The average molecular weight is 510 g/mol. The number of nitrogens with two attached hydrogens (primary N) is 1. The van der Waals surface area contributed by atoms with E-state index in [2.05, 4.69) is 25.0 Å². The van der Waals surface area contributed by atoms with Gasteiger partial charge in [-0.05, 0) is 31.0 Å². The first kappa shape index (κ1) is 23.3. The third-order valence-corrected chi connectivity index (χ3v) is 6.85. The Hall–Kier alpha value is -4.13. The van der Waals surface area contributed by atoms with E-state index in [4.69, 9.17) is 10.2 Å². The maximum Gasteiger partial charge on any atom is 0.259 e. The van der Waals surface area contributed by atoms with Crippen molar-refractivity contribution >= 4 is 23.6 Å². The number of hydrogen-bond acceptors (Lipinski definition) is 9. The molecule has 4 aromatic rings. The van der Waals surface area contributed by atoms with Gasteiger partial charge in [0, 0.05) is 50.9 Å². The van der Waals surface area contributed by atoms with Gasteiger partial charge in [-0.15, -0.1) is 5.10 Å². The molecule has 2 aliphatic rings. The monoisotopic (exact) mass is 509 g/mol. The molecular weight excluding hydrogens is 484 g/mol. The van der Waals surface area contributed by atoms with Crippen molar-refractivity contribution in [3.63, 3.8) is 0 Å². The van der Waals surface area contributed by atoms with Crippen molar-refractivity contribution in [3.05, 3.63) is 53.8 Å². The molecule has 0 radical (unpaired) electrons. The van der Waals surface area contributed by atoms with Gasteiger partial charge in [-0.1, -0.05) is 6.07 Å². The molecule has 0 spiro atoms. The Morgan fingerprint density at radius 2 is 1.92 bits per heavy atom. The smallest absolute Gasteiger partial charge is 0.259 e. The van der Waals surface area contributed by atoms with Crippen LogP contribution in [0.4, 0.5) is 20.7 Å². The van der Waals surface area contributed by atoms with E-state index < -0.39 is 17.7 Å². The lowest BCUT2D eigenvalue weighted by Crippen LogP contribution is -2.53. The number of aromatic nitrogens is 5. The fourth-order valence-corrected chi connectivity index (χ4v) is 4.92. The number of carbonyl (C=O) groups is 1. The molecule has 11 nitrogen and oxygen atoms in total. The van der Waals surface area contributed by atoms with Gasteiger partial charge in [-0.25, -0.2) is 8.78 Å². The summed E-state index contributed by atoms with van der Waals surface area (Å²) in [5.74, 6) is 0.413. The largest absolute Gasteiger partial charge is 0.461 e. The van der Waals surface area contributed by atoms with E-state index in [9.17, 15) is 13.6 Å². The fraction of sp³-hybridized carbons (Fsp3) is 0.375. The first-order valence-electron chi connectivity index (χ1n) is 12.1. The van der Waals surface area contributed by atoms with E-state index in [0.29, 0.717) is 68.8 Å². The topological polar surface area (TPSA) is 122 Å². The van der Waals surface area contributed by atoms with Crippen molar-refractivity contribution in [2.75, 3.05) is 43.4 Å². The van der Waals surface area contributed by atoms with Crippen molar-refractivity contribution in [1.82, 2.24) is 34.4 Å². The molecule has 5 heterocycles. The number of rotatable bonds is 5. The van der Waals surface area contributed by atoms with Crippen molar-refractivity contribution < 1.29 is 18.0 Å². The molecule has 6 rings (SSSR count). The van der Waals surface area contributed by atoms with E-state index in [1.54, 1.807) is 12.1 Å². The number of anilines is 2. The highest BCUT2D eigenvalue weighted by atomic mass is 19.1. The quantitative estimate of drug-likeness (QED) is 0.430. The van der Waals surface area contributed by atoms with Crippen molar-refractivity contribution in [3.8, 4) is 11.6 Å². The number of nitrogen functional groups attached to an aromatic ring is 1. The van der Waals surface area contributed by atoms with Gasteiger partial charge in [0.15, 0.2) is 5.76 Å². The standard InChI is InChI=1S/C24H25F2N9O2/c25-16-6-5-15(17(26)13-16)14-32-8-10-33(11-9-32)21(36)18-3-1-7-34(18)23-29-22(27)35-24(30-23)28-20(31-35)19-4-2-12-37-19/h2,4-6,12-13,18H,1,3,7-11,14H2,(H2,27,28,29,30,31)/t18-/m0/s1. The number of benzene rings is 1. The summed E-state index contributed by atoms with van der Waals surface area (Å²) in [5.41, 5.74) is 6.60. The third kappa shape index (κ3) is 4.46. The van der Waals surface area contributed by atoms with E-state index >= 15 is 0 Å². The van der Waals surface area contributed by atoms with Crippen molar-refractivity contribution in [1.29, 1.82) is 0 Å². The van der Waals surface area contributed by atoms with Crippen LogP contribution in [0.2, 0.25) is 0 Å². The highest BCUT2D eigenvalue weighted by Crippen LogP contribution is 2.26. The first-order chi connectivity index (χ1) is 18.0. The summed E-state index contributed by atoms with van der Waals surface area (Å²) in [6.45, 7) is 3.22. The Bertz CT molecular complexity index is 1430. The molecular formula is C24H25F2N9O2. The molecule has 192 valence electrons. The van der Waals surface area contributed by atoms with Gasteiger partial charge >= 0.3 is 0 Å². The summed E-state index contributed by atoms with van der Waals surface area (Å²) in [7, 11) is 0. The number of furan rings is 1. The van der Waals surface area contributed by atoms with Gasteiger partial charge in [0.2, 0.25) is 23.6 Å². The Morgan fingerprint density at radius 1 is 1.08 bits per heavy atom. The maximum atomic E-state index is 14.0. The highest BCUT2D eigenvalue weighted by Gasteiger charge is 2.37. The predicted molar refractivity (Wildman–Crippen MR) is 129 cm³/mol. The second-order valence-electron chi connectivity index (χ2n) is 9.19. The molecule has 1 aromatic carbocycles. The van der Waals surface area contributed by atoms with E-state index in [1.165, 1.54) is 22.9 Å². The number of nitrogens with zero attached hydrogens (tertiary/aromatic N) is 8. The van der Waals surface area contributed by atoms with Crippen molar-refractivity contribution in [2.45, 2.75) is 25.4 Å². The molecule has 0 bridgehead atoms. The number of halogens is 2. The molecule has 3 aromatic heterocycles. The summed E-state index contributed by atoms with van der Waals surface area (Å²) in [4.78, 5) is 32.6. The van der Waals surface area contributed by atoms with Crippen LogP contribution >= 0.6 is 0 Å². The molecule has 1 atom stereocenters. The summed E-state index contributed by atoms with van der Waals surface area (Å²) in [5, 5.41) is 4.32. The normalized spacial score (nSPS) is 18.7. The molecule has 2 N–H and O–H groups in total. The lowest BCUT2D eigenvalue weighted by molar-refractivity contribution is -0.134. The van der Waals surface area contributed by atoms with Crippen LogP contribution in [0, 0.1) is 11.6 Å². The summed E-state index contributed by atoms with van der Waals surface area (Å²) in [6, 6.07) is 6.70. The van der Waals surface area contributed by atoms with Gasteiger partial charge in [-0.2, -0.15) is 19.5 Å². The number of carbonyl (C=O) groups excluding carboxylic acids is 1. The van der Waals surface area contributed by atoms with E-state index in [-0.39, 0.29) is 17.6 Å². The Kier molecular flexibility index (Phi) is 5.91. The molecule has 2 saturated heterocycles. The van der Waals surface area contributed by atoms with Gasteiger partial charge in [0.1, 0.15) is 17.7 Å². The highest BCUT2D eigenvalue weighted by molar-refractivity contribution is 5.85. The minimum Gasteiger partial charge on any atom is -0.461 e. The number of hydrogen-bond donors (Lipinski definition) is 1. The van der Waals surface area contributed by atoms with Crippen LogP contribution in [0.25, 0.3) is 17.4 Å². The zero-order chi connectivity index (χ0) is 25.5. The van der Waals surface area contributed by atoms with Crippen LogP contribution < -0.4 is 10.6 Å². The minimum absolute atomic E-state index is 0.00454. The molecule has 0 saturated carbocycles. The van der Waals surface area contributed by atoms with Crippen LogP contribution in [0.15, 0.2) is 41.0 Å². The van der Waals surface area contributed by atoms with Crippen LogP contribution in [0.1, 0.15) is 18.4 Å². The third-order valence-electron chi connectivity index (χ3n) is 6.85. The van der Waals surface area contributed by atoms with E-state index in [1.807, 2.05) is 9.80 Å². The SMILES string of the molecule is Nc1nc(N2CCC[C@H]2C(=O)N2CCN(Cc3ccc(F)cc3F)CC2)nc2nc(-c3ccco3)nn12. The fourth-order valence-electron chi connectivity index (χ4n) is 4.92. The first-order valence-corrected chi connectivity index (χ1v) is 12.1. The molecule has 1 amide bonds. The van der Waals surface area contributed by atoms with Crippen LogP contribution in [-0.4, -0.2) is 79.0 Å². The Balaban J connectivity index is 1.14. The van der Waals surface area contributed by atoms with E-state index in [0.717, 1.165) is 12.5 Å². The van der Waals surface area contributed by atoms with Gasteiger partial charge in [0.25, 0.3) is 5.78 Å². The average Bonchev–Trinajstić information content (AvgIpc) is 3.66. The summed E-state index contributed by atoms with van der Waals surface area (Å²) in [6.07, 6.45) is 3.03. The lowest BCUT2D eigenvalue weighted by atomic mass is 10.1. The molecule has 2 fully saturated rings. The second kappa shape index (κ2) is 9.39. The second-order valence-corrected chi connectivity index (χ2v) is 9.19. The minimum atomic E-state index is -0.593. The number of piperazine rings is 1. The number of fused-ring (bicyclic) bond motifs is 1. The summed E-state index contributed by atoms with van der Waals surface area (Å²) < 4.78 is 33.9. The lowest BCUT2D eigenvalue weighted by Gasteiger charge is -2.37. The van der Waals surface area contributed by atoms with Crippen LogP contribution in [0.3, 0.4) is 0 Å². The molecule has 0 aliphatic carbocycles. The van der Waals surface area contributed by atoms with Crippen LogP contribution in [-0.2, 0) is 11.3 Å². The Labute approximate surface area is 210 Å². The molecule has 13 heteroatoms. The molecule has 37 heavy (non-hydrogen) atoms. The van der Waals surface area contributed by atoms with Crippen LogP contribution in [0.5, 0.6) is 0 Å². The van der Waals surface area contributed by atoms with Gasteiger partial charge < -0.3 is 20.0 Å². The van der Waals surface area contributed by atoms with Gasteiger partial charge in [0.05, 0.1) is 6.26 Å². The predicted octanol–water partition coefficient (Wildman–Crippen LogP) is 1.95. The maximum absolute atomic E-state index is 14.0. The Morgan fingerprint density at radius 3 is 2.68 bits per heavy atom.